The number of ether oxygens (including phenoxy) is 5. The topological polar surface area (TPSA) is 183 Å². The van der Waals surface area contributed by atoms with E-state index in [2.05, 4.69) is 5.32 Å². The van der Waals surface area contributed by atoms with Crippen LogP contribution in [0.25, 0.3) is 6.08 Å². The maximum absolute atomic E-state index is 15.7. The number of nitrogens with zero attached hydrogens (tertiary/aromatic N) is 2. The molecule has 6 fully saturated rings. The number of carbonyl (C=O) groups is 4. The van der Waals surface area contributed by atoms with Gasteiger partial charge in [-0.1, -0.05) is 54.6 Å². The van der Waals surface area contributed by atoms with Gasteiger partial charge in [-0.15, -0.1) is 0 Å². The first-order valence-electron chi connectivity index (χ1n) is 21.7. The minimum Gasteiger partial charge on any atom is -0.499 e. The summed E-state index contributed by atoms with van der Waals surface area (Å²) in [6.45, 7) is 5.04. The quantitative estimate of drug-likeness (QED) is 0.113. The van der Waals surface area contributed by atoms with Gasteiger partial charge in [0.05, 0.1) is 32.1 Å². The minimum absolute atomic E-state index is 0.0332. The number of benzene rings is 2. The third-order valence-electron chi connectivity index (χ3n) is 12.8. The molecule has 2 aromatic carbocycles. The van der Waals surface area contributed by atoms with E-state index in [1.807, 2.05) is 54.6 Å². The van der Waals surface area contributed by atoms with Crippen molar-refractivity contribution in [1.29, 1.82) is 0 Å². The molecular weight excluding hydrogens is 787 g/mol. The number of hydroxylamine groups is 2. The van der Waals surface area contributed by atoms with Crippen molar-refractivity contribution in [3.63, 3.8) is 0 Å². The summed E-state index contributed by atoms with van der Waals surface area (Å²) in [6, 6.07) is 13.8. The van der Waals surface area contributed by atoms with Crippen molar-refractivity contribution in [3.8, 4) is 0 Å². The lowest BCUT2D eigenvalue weighted by Crippen LogP contribution is -2.70. The Morgan fingerprint density at radius 3 is 2.38 bits per heavy atom. The number of amides is 2. The second-order valence-corrected chi connectivity index (χ2v) is 18.4. The van der Waals surface area contributed by atoms with E-state index in [0.717, 1.165) is 42.4 Å². The summed E-state index contributed by atoms with van der Waals surface area (Å²) in [5.74, 6) is -2.49. The summed E-state index contributed by atoms with van der Waals surface area (Å²) in [5.41, 5.74) is 0.187. The molecule has 2 amide bonds. The van der Waals surface area contributed by atoms with Gasteiger partial charge in [0, 0.05) is 38.1 Å². The zero-order valence-corrected chi connectivity index (χ0v) is 35.4. The van der Waals surface area contributed by atoms with Crippen molar-refractivity contribution in [2.45, 2.75) is 133 Å². The van der Waals surface area contributed by atoms with Gasteiger partial charge in [-0.05, 0) is 75.6 Å². The highest BCUT2D eigenvalue weighted by atomic mass is 16.8. The van der Waals surface area contributed by atoms with Crippen LogP contribution < -0.4 is 5.32 Å². The van der Waals surface area contributed by atoms with E-state index in [1.165, 1.54) is 11.2 Å². The highest BCUT2D eigenvalue weighted by molar-refractivity contribution is 5.96. The number of carbonyl (C=O) groups excluding carboxylic acids is 4. The molecule has 3 aliphatic carbocycles. The first-order valence-corrected chi connectivity index (χ1v) is 21.7. The lowest BCUT2D eigenvalue weighted by atomic mass is 9.62. The molecule has 0 unspecified atom stereocenters. The van der Waals surface area contributed by atoms with E-state index < -0.39 is 89.7 Å². The number of rotatable bonds is 18. The molecule has 6 aliphatic rings. The fraction of sp³-hybridized carbons (Fsp3) is 0.609. The molecule has 15 heteroatoms. The van der Waals surface area contributed by atoms with Gasteiger partial charge in [-0.3, -0.25) is 24.0 Å². The smallest absolute Gasteiger partial charge is 0.327 e. The van der Waals surface area contributed by atoms with Crippen LogP contribution in [-0.2, 0) is 60.7 Å². The van der Waals surface area contributed by atoms with E-state index in [-0.39, 0.29) is 57.3 Å². The number of aliphatic hydroxyl groups excluding tert-OH is 2. The molecule has 15 nitrogen and oxygen atoms in total. The zero-order chi connectivity index (χ0) is 43.1. The molecule has 330 valence electrons. The van der Waals surface area contributed by atoms with E-state index in [4.69, 9.17) is 33.6 Å². The molecule has 2 bridgehead atoms. The van der Waals surface area contributed by atoms with Crippen molar-refractivity contribution in [3.05, 3.63) is 77.5 Å². The summed E-state index contributed by atoms with van der Waals surface area (Å²) in [5, 5.41) is 23.9. The molecule has 8 rings (SSSR count). The molecule has 0 radical (unpaired) electrons. The highest BCUT2D eigenvalue weighted by Gasteiger charge is 2.78. The SMILES string of the molecule is CN(C(=O)[C@@]12C[C@H]3OC(=O)[C@@H]1N(Cc1cccc(C=COCCO)c1)O[C@@H]2[C@H]1OC(C2CC2)(C2CC2)O[C@H]13)[C@H](Cc1ccccc1)C(=O)N[C@H](CO)CCC(=O)OC(C)(C)C. The van der Waals surface area contributed by atoms with Crippen LogP contribution >= 0.6 is 0 Å². The lowest BCUT2D eigenvalue weighted by Gasteiger charge is -2.50. The van der Waals surface area contributed by atoms with Crippen molar-refractivity contribution in [2.75, 3.05) is 26.9 Å². The lowest BCUT2D eigenvalue weighted by molar-refractivity contribution is -0.235. The average molecular weight is 846 g/mol. The van der Waals surface area contributed by atoms with Gasteiger partial charge in [-0.25, -0.2) is 0 Å². The molecule has 3 saturated carbocycles. The number of esters is 2. The Morgan fingerprint density at radius 2 is 1.70 bits per heavy atom. The predicted molar refractivity (Wildman–Crippen MR) is 218 cm³/mol. The van der Waals surface area contributed by atoms with Crippen LogP contribution in [0.2, 0.25) is 0 Å². The fourth-order valence-electron chi connectivity index (χ4n) is 9.77. The molecule has 3 N–H and O–H groups in total. The molecular formula is C46H59N3O12. The summed E-state index contributed by atoms with van der Waals surface area (Å²) >= 11 is 0. The van der Waals surface area contributed by atoms with Crippen LogP contribution in [0, 0.1) is 17.3 Å². The number of hydrogen-bond acceptors (Lipinski definition) is 13. The Morgan fingerprint density at radius 1 is 1.00 bits per heavy atom. The van der Waals surface area contributed by atoms with Crippen LogP contribution in [-0.4, -0.2) is 125 Å². The van der Waals surface area contributed by atoms with Crippen molar-refractivity contribution in [1.82, 2.24) is 15.3 Å². The normalized spacial score (nSPS) is 28.8. The number of fused-ring (bicyclic) bond motifs is 4. The van der Waals surface area contributed by atoms with Crippen LogP contribution in [0.3, 0.4) is 0 Å². The number of likely N-dealkylation sites (N-methyl/N-ethyl adjacent to an activating group) is 1. The minimum atomic E-state index is -1.53. The first-order chi connectivity index (χ1) is 29.3. The Hall–Kier alpha value is -4.38. The van der Waals surface area contributed by atoms with Crippen molar-refractivity contribution < 1.29 is 57.9 Å². The molecule has 3 heterocycles. The summed E-state index contributed by atoms with van der Waals surface area (Å²) in [4.78, 5) is 65.6. The van der Waals surface area contributed by atoms with Gasteiger partial charge in [0.1, 0.15) is 48.1 Å². The third-order valence-corrected chi connectivity index (χ3v) is 12.8. The Labute approximate surface area is 356 Å². The van der Waals surface area contributed by atoms with Gasteiger partial charge in [0.25, 0.3) is 0 Å². The van der Waals surface area contributed by atoms with Gasteiger partial charge in [0.15, 0.2) is 11.8 Å². The van der Waals surface area contributed by atoms with E-state index in [0.29, 0.717) is 0 Å². The average Bonchev–Trinajstić information content (AvgIpc) is 4.18. The summed E-state index contributed by atoms with van der Waals surface area (Å²) < 4.78 is 31.0. The van der Waals surface area contributed by atoms with Crippen molar-refractivity contribution >= 4 is 29.8 Å². The van der Waals surface area contributed by atoms with Crippen LogP contribution in [0.4, 0.5) is 0 Å². The maximum Gasteiger partial charge on any atom is 0.327 e. The predicted octanol–water partition coefficient (Wildman–Crippen LogP) is 3.44. The third kappa shape index (κ3) is 8.82. The maximum atomic E-state index is 15.7. The molecule has 0 spiro atoms. The standard InChI is InChI=1S/C46H59N3O12/c1-44(2,3)58-36(52)18-17-33(27-51)47-41(53)34(24-28-9-6-5-7-10-28)48(4)43(55)45-25-35-37-38(60-46(59-37,31-13-14-31)32-15-16-32)40(45)61-49(39(45)42(54)57-35)26-30-12-8-11-29(23-30)19-21-56-22-20-50/h5-12,19,21,23,31-35,37-40,50-51H,13-18,20,22,24-27H2,1-4H3,(H,47,53)/t33-,34+,35+,37-,38-,39-,40+,45-/m0/s1. The van der Waals surface area contributed by atoms with E-state index >= 15 is 4.79 Å². The molecule has 3 aliphatic heterocycles. The molecule has 61 heavy (non-hydrogen) atoms. The van der Waals surface area contributed by atoms with Gasteiger partial charge < -0.3 is 44.1 Å². The van der Waals surface area contributed by atoms with Crippen LogP contribution in [0.15, 0.2) is 60.9 Å². The first kappa shape index (κ1) is 43.3. The van der Waals surface area contributed by atoms with E-state index in [9.17, 15) is 19.5 Å². The molecule has 2 aromatic rings. The molecule has 3 saturated heterocycles. The largest absolute Gasteiger partial charge is 0.499 e. The van der Waals surface area contributed by atoms with E-state index in [1.54, 1.807) is 39.0 Å². The number of hydrogen-bond donors (Lipinski definition) is 3. The zero-order valence-electron chi connectivity index (χ0n) is 35.4. The van der Waals surface area contributed by atoms with Crippen molar-refractivity contribution in [2.24, 2.45) is 17.3 Å². The van der Waals surface area contributed by atoms with Gasteiger partial charge >= 0.3 is 11.9 Å². The Bertz CT molecular complexity index is 1950. The second kappa shape index (κ2) is 17.4. The highest BCUT2D eigenvalue weighted by Crippen LogP contribution is 2.64. The number of aliphatic hydroxyl groups is 2. The summed E-state index contributed by atoms with van der Waals surface area (Å²) in [6.07, 6.45) is 4.34. The molecule has 8 atom stereocenters. The molecule has 0 aromatic heterocycles. The monoisotopic (exact) mass is 845 g/mol. The summed E-state index contributed by atoms with van der Waals surface area (Å²) in [7, 11) is 1.57. The Balaban J connectivity index is 1.12. The van der Waals surface area contributed by atoms with Gasteiger partial charge in [0.2, 0.25) is 11.8 Å². The van der Waals surface area contributed by atoms with Crippen LogP contribution in [0.5, 0.6) is 0 Å². The Kier molecular flexibility index (Phi) is 12.4. The second-order valence-electron chi connectivity index (χ2n) is 18.4. The van der Waals surface area contributed by atoms with Crippen LogP contribution in [0.1, 0.15) is 82.4 Å². The van der Waals surface area contributed by atoms with Gasteiger partial charge in [-0.2, -0.15) is 5.06 Å². The fourth-order valence-corrected chi connectivity index (χ4v) is 9.77. The number of nitrogens with one attached hydrogen (secondary N) is 1.